The van der Waals surface area contributed by atoms with Gasteiger partial charge < -0.3 is 10.2 Å². The molecule has 0 amide bonds. The lowest BCUT2D eigenvalue weighted by Crippen LogP contribution is -2.32. The molecule has 0 aromatic rings. The third kappa shape index (κ3) is 9.14. The van der Waals surface area contributed by atoms with Crippen molar-refractivity contribution in [1.82, 2.24) is 4.90 Å². The van der Waals surface area contributed by atoms with Crippen molar-refractivity contribution in [2.45, 2.75) is 26.2 Å². The zero-order valence-electron chi connectivity index (χ0n) is 9.31. The summed E-state index contributed by atoms with van der Waals surface area (Å²) in [7, 11) is 0. The summed E-state index contributed by atoms with van der Waals surface area (Å²) in [6.07, 6.45) is 0.407. The van der Waals surface area contributed by atoms with Crippen molar-refractivity contribution < 1.29 is 24.6 Å². The first-order valence-electron chi connectivity index (χ1n) is 5.07. The van der Waals surface area contributed by atoms with E-state index in [2.05, 4.69) is 0 Å². The van der Waals surface area contributed by atoms with Gasteiger partial charge in [-0.15, -0.1) is 0 Å². The van der Waals surface area contributed by atoms with Crippen LogP contribution in [0.5, 0.6) is 0 Å². The third-order valence-electron chi connectivity index (χ3n) is 1.95. The summed E-state index contributed by atoms with van der Waals surface area (Å²) in [5.41, 5.74) is 0. The quantitative estimate of drug-likeness (QED) is 0.589. The number of carboxylic acids is 2. The maximum atomic E-state index is 10.9. The van der Waals surface area contributed by atoms with Crippen LogP contribution in [-0.2, 0) is 14.4 Å². The first-order valence-corrected chi connectivity index (χ1v) is 5.07. The highest BCUT2D eigenvalue weighted by molar-refractivity contribution is 5.77. The molecule has 0 radical (unpaired) electrons. The predicted octanol–water partition coefficient (Wildman–Crippen LogP) is 0.217. The molecule has 0 aromatic carbocycles. The number of ketones is 1. The van der Waals surface area contributed by atoms with E-state index in [1.165, 1.54) is 6.92 Å². The molecule has 0 fully saturated rings. The molecule has 0 bridgehead atoms. The average molecular weight is 231 g/mol. The van der Waals surface area contributed by atoms with E-state index in [4.69, 9.17) is 10.2 Å². The molecule has 0 heterocycles. The second-order valence-corrected chi connectivity index (χ2v) is 3.62. The number of carbonyl (C=O) groups excluding carboxylic acids is 1. The fourth-order valence-corrected chi connectivity index (χ4v) is 1.29. The fourth-order valence-electron chi connectivity index (χ4n) is 1.29. The van der Waals surface area contributed by atoms with Gasteiger partial charge in [0.1, 0.15) is 5.78 Å². The molecule has 0 saturated carbocycles. The molecule has 0 rings (SSSR count). The van der Waals surface area contributed by atoms with E-state index in [9.17, 15) is 14.4 Å². The number of rotatable bonds is 9. The lowest BCUT2D eigenvalue weighted by Gasteiger charge is -2.19. The standard InChI is InChI=1S/C10H17NO5/c1-8(12)7-11(6-4-10(15)16)5-2-3-9(13)14/h2-7H2,1H3,(H,13,14)(H,15,16). The van der Waals surface area contributed by atoms with Crippen LogP contribution in [0.25, 0.3) is 0 Å². The van der Waals surface area contributed by atoms with Crippen LogP contribution in [0.2, 0.25) is 0 Å². The van der Waals surface area contributed by atoms with Gasteiger partial charge in [-0.1, -0.05) is 0 Å². The summed E-state index contributed by atoms with van der Waals surface area (Å²) in [5, 5.41) is 17.0. The van der Waals surface area contributed by atoms with Gasteiger partial charge in [0, 0.05) is 13.0 Å². The van der Waals surface area contributed by atoms with Crippen LogP contribution in [0, 0.1) is 0 Å². The molecular weight excluding hydrogens is 214 g/mol. The van der Waals surface area contributed by atoms with E-state index >= 15 is 0 Å². The Balaban J connectivity index is 3.94. The maximum absolute atomic E-state index is 10.9. The molecule has 6 nitrogen and oxygen atoms in total. The molecule has 6 heteroatoms. The smallest absolute Gasteiger partial charge is 0.304 e. The van der Waals surface area contributed by atoms with Crippen LogP contribution >= 0.6 is 0 Å². The Morgan fingerprint density at radius 1 is 1.00 bits per heavy atom. The van der Waals surface area contributed by atoms with Gasteiger partial charge in [-0.3, -0.25) is 19.3 Å². The molecule has 0 saturated heterocycles. The SMILES string of the molecule is CC(=O)CN(CCCC(=O)O)CCC(=O)O. The Labute approximate surface area is 93.9 Å². The van der Waals surface area contributed by atoms with Gasteiger partial charge >= 0.3 is 11.9 Å². The Morgan fingerprint density at radius 3 is 2.00 bits per heavy atom. The zero-order valence-corrected chi connectivity index (χ0v) is 9.31. The Morgan fingerprint density at radius 2 is 1.56 bits per heavy atom. The highest BCUT2D eigenvalue weighted by atomic mass is 16.4. The number of Topliss-reactive ketones (excluding diaryl/α,β-unsaturated/α-hetero) is 1. The Kier molecular flexibility index (Phi) is 7.11. The van der Waals surface area contributed by atoms with E-state index < -0.39 is 11.9 Å². The molecule has 0 aliphatic rings. The number of carboxylic acid groups (broad SMARTS) is 2. The number of hydrogen-bond acceptors (Lipinski definition) is 4. The molecule has 0 aromatic heterocycles. The lowest BCUT2D eigenvalue weighted by atomic mass is 10.2. The van der Waals surface area contributed by atoms with Crippen molar-refractivity contribution in [2.24, 2.45) is 0 Å². The van der Waals surface area contributed by atoms with E-state index in [0.29, 0.717) is 13.0 Å². The van der Waals surface area contributed by atoms with Crippen molar-refractivity contribution in [1.29, 1.82) is 0 Å². The highest BCUT2D eigenvalue weighted by Gasteiger charge is 2.10. The second-order valence-electron chi connectivity index (χ2n) is 3.62. The van der Waals surface area contributed by atoms with Crippen molar-refractivity contribution in [3.8, 4) is 0 Å². The van der Waals surface area contributed by atoms with Crippen molar-refractivity contribution in [3.05, 3.63) is 0 Å². The Hall–Kier alpha value is -1.43. The monoisotopic (exact) mass is 231 g/mol. The van der Waals surface area contributed by atoms with Gasteiger partial charge in [0.05, 0.1) is 13.0 Å². The van der Waals surface area contributed by atoms with Gasteiger partial charge in [-0.05, 0) is 19.9 Å². The first kappa shape index (κ1) is 14.6. The van der Waals surface area contributed by atoms with Crippen molar-refractivity contribution in [2.75, 3.05) is 19.6 Å². The summed E-state index contributed by atoms with van der Waals surface area (Å²) < 4.78 is 0. The van der Waals surface area contributed by atoms with Crippen LogP contribution in [0.15, 0.2) is 0 Å². The zero-order chi connectivity index (χ0) is 12.6. The molecule has 0 atom stereocenters. The van der Waals surface area contributed by atoms with Crippen LogP contribution < -0.4 is 0 Å². The number of hydrogen-bond donors (Lipinski definition) is 2. The van der Waals surface area contributed by atoms with Gasteiger partial charge in [-0.2, -0.15) is 0 Å². The van der Waals surface area contributed by atoms with E-state index in [0.717, 1.165) is 0 Å². The average Bonchev–Trinajstić information content (AvgIpc) is 2.12. The molecule has 2 N–H and O–H groups in total. The number of aliphatic carboxylic acids is 2. The van der Waals surface area contributed by atoms with E-state index in [-0.39, 0.29) is 31.7 Å². The first-order chi connectivity index (χ1) is 7.41. The molecule has 92 valence electrons. The van der Waals surface area contributed by atoms with Gasteiger partial charge in [0.15, 0.2) is 0 Å². The minimum atomic E-state index is -0.924. The lowest BCUT2D eigenvalue weighted by molar-refractivity contribution is -0.138. The molecule has 0 aliphatic carbocycles. The fraction of sp³-hybridized carbons (Fsp3) is 0.700. The highest BCUT2D eigenvalue weighted by Crippen LogP contribution is 1.98. The van der Waals surface area contributed by atoms with Crippen LogP contribution in [0.3, 0.4) is 0 Å². The molecule has 0 spiro atoms. The van der Waals surface area contributed by atoms with Crippen molar-refractivity contribution >= 4 is 17.7 Å². The van der Waals surface area contributed by atoms with Crippen molar-refractivity contribution in [3.63, 3.8) is 0 Å². The van der Waals surface area contributed by atoms with Crippen LogP contribution in [-0.4, -0.2) is 52.5 Å². The summed E-state index contributed by atoms with van der Waals surface area (Å²) in [6.45, 7) is 2.30. The van der Waals surface area contributed by atoms with Crippen LogP contribution in [0.4, 0.5) is 0 Å². The van der Waals surface area contributed by atoms with Gasteiger partial charge in [0.25, 0.3) is 0 Å². The number of nitrogens with zero attached hydrogens (tertiary/aromatic N) is 1. The van der Waals surface area contributed by atoms with E-state index in [1.807, 2.05) is 0 Å². The summed E-state index contributed by atoms with van der Waals surface area (Å²) >= 11 is 0. The van der Waals surface area contributed by atoms with E-state index in [1.54, 1.807) is 4.90 Å². The van der Waals surface area contributed by atoms with Crippen LogP contribution in [0.1, 0.15) is 26.2 Å². The normalized spacial score (nSPS) is 10.4. The summed E-state index contributed by atoms with van der Waals surface area (Å²) in [4.78, 5) is 33.2. The van der Waals surface area contributed by atoms with Gasteiger partial charge in [0.2, 0.25) is 0 Å². The number of carbonyl (C=O) groups is 3. The summed E-state index contributed by atoms with van der Waals surface area (Å²) in [5.74, 6) is -1.87. The largest absolute Gasteiger partial charge is 0.481 e. The molecule has 16 heavy (non-hydrogen) atoms. The maximum Gasteiger partial charge on any atom is 0.304 e. The minimum Gasteiger partial charge on any atom is -0.481 e. The molecular formula is C10H17NO5. The minimum absolute atomic E-state index is 0.0292. The second kappa shape index (κ2) is 7.81. The van der Waals surface area contributed by atoms with Gasteiger partial charge in [-0.25, -0.2) is 0 Å². The molecule has 0 unspecified atom stereocenters. The topological polar surface area (TPSA) is 94.9 Å². The molecule has 0 aliphatic heterocycles. The predicted molar refractivity (Wildman–Crippen MR) is 56.2 cm³/mol. The Bertz CT molecular complexity index is 264. The third-order valence-corrected chi connectivity index (χ3v) is 1.95. The summed E-state index contributed by atoms with van der Waals surface area (Å²) in [6, 6.07) is 0.